The molecule has 2 aromatic rings. The van der Waals surface area contributed by atoms with Crippen LogP contribution < -0.4 is 0 Å². The van der Waals surface area contributed by atoms with Gasteiger partial charge in [-0.05, 0) is 11.1 Å². The van der Waals surface area contributed by atoms with Crippen molar-refractivity contribution in [2.75, 3.05) is 20.8 Å². The van der Waals surface area contributed by atoms with Gasteiger partial charge in [0.05, 0.1) is 26.1 Å². The molecule has 5 nitrogen and oxygen atoms in total. The lowest BCUT2D eigenvalue weighted by Gasteiger charge is -2.27. The number of methoxy groups -OCH3 is 2. The Balaban J connectivity index is 2.00. The Morgan fingerprint density at radius 1 is 0.923 bits per heavy atom. The van der Waals surface area contributed by atoms with Gasteiger partial charge < -0.3 is 9.47 Å². The van der Waals surface area contributed by atoms with Crippen LogP contribution >= 0.6 is 0 Å². The van der Waals surface area contributed by atoms with Gasteiger partial charge in [-0.15, -0.1) is 0 Å². The minimum Gasteiger partial charge on any atom is -0.469 e. The summed E-state index contributed by atoms with van der Waals surface area (Å²) in [5.74, 6) is -1.92. The molecule has 3 rings (SSSR count). The third-order valence-electron chi connectivity index (χ3n) is 4.95. The highest BCUT2D eigenvalue weighted by Crippen LogP contribution is 2.42. The van der Waals surface area contributed by atoms with Crippen molar-refractivity contribution >= 4 is 11.9 Å². The second-order valence-corrected chi connectivity index (χ2v) is 6.45. The fraction of sp³-hybridized carbons (Fsp3) is 0.333. The van der Waals surface area contributed by atoms with Crippen LogP contribution in [-0.2, 0) is 25.6 Å². The van der Waals surface area contributed by atoms with Crippen LogP contribution in [0.5, 0.6) is 0 Å². The van der Waals surface area contributed by atoms with E-state index in [2.05, 4.69) is 4.90 Å². The van der Waals surface area contributed by atoms with Gasteiger partial charge in [0.15, 0.2) is 0 Å². The molecule has 1 saturated heterocycles. The molecule has 3 atom stereocenters. The monoisotopic (exact) mass is 353 g/mol. The van der Waals surface area contributed by atoms with E-state index in [0.717, 1.165) is 11.1 Å². The zero-order valence-corrected chi connectivity index (χ0v) is 15.0. The van der Waals surface area contributed by atoms with Crippen molar-refractivity contribution in [3.8, 4) is 0 Å². The Morgan fingerprint density at radius 3 is 2.08 bits per heavy atom. The van der Waals surface area contributed by atoms with Gasteiger partial charge >= 0.3 is 11.9 Å². The van der Waals surface area contributed by atoms with Gasteiger partial charge in [-0.25, -0.2) is 0 Å². The van der Waals surface area contributed by atoms with E-state index in [0.29, 0.717) is 13.1 Å². The summed E-state index contributed by atoms with van der Waals surface area (Å²) in [6.45, 7) is 1.09. The molecular formula is C21H23NO4. The number of nitrogens with zero attached hydrogens (tertiary/aromatic N) is 1. The second kappa shape index (κ2) is 8.15. The van der Waals surface area contributed by atoms with Crippen LogP contribution in [0.4, 0.5) is 0 Å². The fourth-order valence-electron chi connectivity index (χ4n) is 3.78. The predicted octanol–water partition coefficient (Wildman–Crippen LogP) is 2.82. The number of hydrogen-bond donors (Lipinski definition) is 0. The molecule has 0 amide bonds. The third-order valence-corrected chi connectivity index (χ3v) is 4.95. The number of rotatable bonds is 5. The highest BCUT2D eigenvalue weighted by molar-refractivity contribution is 5.83. The zero-order valence-electron chi connectivity index (χ0n) is 15.0. The number of carbonyl (C=O) groups is 2. The SMILES string of the molecule is COC(=O)[C@H]1[C@@H](C(=O)OC)CN(Cc2ccccc2)[C@@H]1c1ccccc1. The molecule has 0 aromatic heterocycles. The largest absolute Gasteiger partial charge is 0.469 e. The van der Waals surface area contributed by atoms with Crippen molar-refractivity contribution in [2.45, 2.75) is 12.6 Å². The highest BCUT2D eigenvalue weighted by atomic mass is 16.5. The van der Waals surface area contributed by atoms with Crippen LogP contribution in [0.25, 0.3) is 0 Å². The molecule has 0 unspecified atom stereocenters. The summed E-state index contributed by atoms with van der Waals surface area (Å²) in [7, 11) is 2.71. The maximum atomic E-state index is 12.6. The highest BCUT2D eigenvalue weighted by Gasteiger charge is 2.50. The Hall–Kier alpha value is -2.66. The minimum absolute atomic E-state index is 0.243. The van der Waals surface area contributed by atoms with Crippen LogP contribution in [0.1, 0.15) is 17.2 Å². The number of esters is 2. The molecule has 0 radical (unpaired) electrons. The Morgan fingerprint density at radius 2 is 1.50 bits per heavy atom. The lowest BCUT2D eigenvalue weighted by Crippen LogP contribution is -2.32. The summed E-state index contributed by atoms with van der Waals surface area (Å²) in [5.41, 5.74) is 2.12. The summed E-state index contributed by atoms with van der Waals surface area (Å²) in [4.78, 5) is 27.1. The van der Waals surface area contributed by atoms with Gasteiger partial charge in [-0.3, -0.25) is 14.5 Å². The lowest BCUT2D eigenvalue weighted by atomic mass is 9.87. The number of likely N-dealkylation sites (tertiary alicyclic amines) is 1. The smallest absolute Gasteiger partial charge is 0.311 e. The average Bonchev–Trinajstić information content (AvgIpc) is 3.07. The molecule has 0 saturated carbocycles. The number of hydrogen-bond acceptors (Lipinski definition) is 5. The molecule has 1 aliphatic heterocycles. The lowest BCUT2D eigenvalue weighted by molar-refractivity contribution is -0.156. The maximum absolute atomic E-state index is 12.6. The first kappa shape index (κ1) is 18.1. The Labute approximate surface area is 153 Å². The fourth-order valence-corrected chi connectivity index (χ4v) is 3.78. The Kier molecular flexibility index (Phi) is 5.68. The van der Waals surface area contributed by atoms with E-state index in [9.17, 15) is 9.59 Å². The van der Waals surface area contributed by atoms with E-state index in [1.165, 1.54) is 14.2 Å². The Bertz CT molecular complexity index is 747. The van der Waals surface area contributed by atoms with Gasteiger partial charge in [0.2, 0.25) is 0 Å². The van der Waals surface area contributed by atoms with Crippen LogP contribution in [-0.4, -0.2) is 37.6 Å². The molecule has 26 heavy (non-hydrogen) atoms. The minimum atomic E-state index is -0.599. The van der Waals surface area contributed by atoms with E-state index in [1.54, 1.807) is 0 Å². The summed E-state index contributed by atoms with van der Waals surface area (Å²) >= 11 is 0. The molecule has 1 fully saturated rings. The molecule has 1 aliphatic rings. The van der Waals surface area contributed by atoms with Crippen LogP contribution in [0.15, 0.2) is 60.7 Å². The molecule has 0 aliphatic carbocycles. The third kappa shape index (κ3) is 3.63. The number of benzene rings is 2. The normalized spacial score (nSPS) is 22.8. The first-order chi connectivity index (χ1) is 12.7. The molecule has 2 aromatic carbocycles. The standard InChI is InChI=1S/C21H23NO4/c1-25-20(23)17-14-22(13-15-9-5-3-6-10-15)19(18(17)21(24)26-2)16-11-7-4-8-12-16/h3-12,17-19H,13-14H2,1-2H3/t17-,18-,19+/m0/s1. The van der Waals surface area contributed by atoms with E-state index in [4.69, 9.17) is 9.47 Å². The van der Waals surface area contributed by atoms with Crippen molar-refractivity contribution in [1.82, 2.24) is 4.90 Å². The summed E-state index contributed by atoms with van der Waals surface area (Å²) in [5, 5.41) is 0. The molecule has 0 bridgehead atoms. The van der Waals surface area contributed by atoms with E-state index >= 15 is 0 Å². The van der Waals surface area contributed by atoms with Gasteiger partial charge in [0, 0.05) is 19.1 Å². The van der Waals surface area contributed by atoms with Crippen LogP contribution in [0.2, 0.25) is 0 Å². The van der Waals surface area contributed by atoms with Crippen molar-refractivity contribution in [1.29, 1.82) is 0 Å². The summed E-state index contributed by atoms with van der Waals surface area (Å²) in [6.07, 6.45) is 0. The molecule has 5 heteroatoms. The molecule has 0 spiro atoms. The molecule has 0 N–H and O–H groups in total. The molecular weight excluding hydrogens is 330 g/mol. The van der Waals surface area contributed by atoms with Crippen molar-refractivity contribution in [3.63, 3.8) is 0 Å². The molecule has 136 valence electrons. The predicted molar refractivity (Wildman–Crippen MR) is 97.0 cm³/mol. The topological polar surface area (TPSA) is 55.8 Å². The van der Waals surface area contributed by atoms with Crippen LogP contribution in [0, 0.1) is 11.8 Å². The first-order valence-electron chi connectivity index (χ1n) is 8.64. The van der Waals surface area contributed by atoms with Gasteiger partial charge in [-0.2, -0.15) is 0 Å². The van der Waals surface area contributed by atoms with Crippen molar-refractivity contribution in [2.24, 2.45) is 11.8 Å². The summed E-state index contributed by atoms with van der Waals surface area (Å²) in [6, 6.07) is 19.6. The first-order valence-corrected chi connectivity index (χ1v) is 8.64. The average molecular weight is 353 g/mol. The van der Waals surface area contributed by atoms with Gasteiger partial charge in [0.25, 0.3) is 0 Å². The van der Waals surface area contributed by atoms with Crippen molar-refractivity contribution in [3.05, 3.63) is 71.8 Å². The van der Waals surface area contributed by atoms with Crippen molar-refractivity contribution < 1.29 is 19.1 Å². The van der Waals surface area contributed by atoms with Gasteiger partial charge in [-0.1, -0.05) is 60.7 Å². The quantitative estimate of drug-likeness (QED) is 0.774. The molecule has 1 heterocycles. The van der Waals surface area contributed by atoms with Gasteiger partial charge in [0.1, 0.15) is 0 Å². The maximum Gasteiger partial charge on any atom is 0.311 e. The van der Waals surface area contributed by atoms with E-state index in [1.807, 2.05) is 60.7 Å². The van der Waals surface area contributed by atoms with E-state index in [-0.39, 0.29) is 18.0 Å². The number of carbonyl (C=O) groups excluding carboxylic acids is 2. The van der Waals surface area contributed by atoms with E-state index < -0.39 is 11.8 Å². The second-order valence-electron chi connectivity index (χ2n) is 6.45. The summed E-state index contributed by atoms with van der Waals surface area (Å²) < 4.78 is 10.0. The van der Waals surface area contributed by atoms with Crippen LogP contribution in [0.3, 0.4) is 0 Å². The zero-order chi connectivity index (χ0) is 18.5. The number of ether oxygens (including phenoxy) is 2.